The van der Waals surface area contributed by atoms with Crippen molar-refractivity contribution in [1.29, 1.82) is 0 Å². The molecule has 0 amide bonds. The van der Waals surface area contributed by atoms with Crippen LogP contribution in [0.3, 0.4) is 0 Å². The minimum absolute atomic E-state index is 0.00163. The summed E-state index contributed by atoms with van der Waals surface area (Å²) in [4.78, 5) is 42.5. The predicted octanol–water partition coefficient (Wildman–Crippen LogP) is 3.45. The maximum atomic E-state index is 13.4. The number of aliphatic carboxylic acids is 1. The average Bonchev–Trinajstić information content (AvgIpc) is 3.00. The highest BCUT2D eigenvalue weighted by atomic mass is 35.5. The van der Waals surface area contributed by atoms with Crippen molar-refractivity contribution >= 4 is 45.4 Å². The standard InChI is InChI=1S/C24H23ClFN5O5S.C5H6O4/c1-30(2)8-9-36-20-13-27-22-7-4-15(14-31(22)24(20)32)16-10-19(23(35-3)28-12-16)29-37(33,34)21-6-5-17(26)11-18(21)25;1-4(5(7)8)2-9-3-6/h4-7,10-14,29H,8-9H2,1-3H3;2-3H,1H3,(H,7,8)/b;4-2-. The first-order valence-electron chi connectivity index (χ1n) is 13.1. The van der Waals surface area contributed by atoms with Crippen LogP contribution in [-0.4, -0.2) is 79.6 Å². The number of benzene rings is 1. The molecule has 244 valence electrons. The molecule has 0 aliphatic heterocycles. The van der Waals surface area contributed by atoms with Gasteiger partial charge in [-0.05, 0) is 57.4 Å². The second kappa shape index (κ2) is 15.8. The summed E-state index contributed by atoms with van der Waals surface area (Å²) in [5.41, 5.74) is 1.06. The van der Waals surface area contributed by atoms with Crippen LogP contribution >= 0.6 is 11.6 Å². The lowest BCUT2D eigenvalue weighted by Crippen LogP contribution is -2.23. The molecule has 4 aromatic rings. The predicted molar refractivity (Wildman–Crippen MR) is 166 cm³/mol. The molecule has 0 aliphatic rings. The van der Waals surface area contributed by atoms with Gasteiger partial charge in [0.1, 0.15) is 34.9 Å². The number of anilines is 1. The number of ether oxygens (including phenoxy) is 3. The molecule has 0 spiro atoms. The smallest absolute Gasteiger partial charge is 0.334 e. The van der Waals surface area contributed by atoms with Gasteiger partial charge in [0.2, 0.25) is 11.6 Å². The van der Waals surface area contributed by atoms with Crippen LogP contribution in [0.25, 0.3) is 16.8 Å². The van der Waals surface area contributed by atoms with E-state index in [1.807, 2.05) is 19.0 Å². The normalized spacial score (nSPS) is 11.4. The van der Waals surface area contributed by atoms with Gasteiger partial charge in [-0.3, -0.25) is 18.7 Å². The number of carboxylic acids is 1. The molecule has 0 radical (unpaired) electrons. The Labute approximate surface area is 267 Å². The summed E-state index contributed by atoms with van der Waals surface area (Å²) in [6.45, 7) is 2.43. The van der Waals surface area contributed by atoms with Gasteiger partial charge in [-0.2, -0.15) is 0 Å². The molecule has 1 aromatic carbocycles. The maximum absolute atomic E-state index is 13.4. The Hall–Kier alpha value is -5.06. The minimum Gasteiger partial charge on any atom is -0.485 e. The van der Waals surface area contributed by atoms with Crippen LogP contribution < -0.4 is 19.8 Å². The fraction of sp³-hybridized carbons (Fsp3) is 0.207. The van der Waals surface area contributed by atoms with Crippen LogP contribution in [-0.2, 0) is 24.3 Å². The van der Waals surface area contributed by atoms with Crippen LogP contribution in [0.4, 0.5) is 10.1 Å². The van der Waals surface area contributed by atoms with Gasteiger partial charge >= 0.3 is 5.97 Å². The second-order valence-electron chi connectivity index (χ2n) is 9.52. The van der Waals surface area contributed by atoms with Gasteiger partial charge < -0.3 is 24.2 Å². The number of carbonyl (C=O) groups excluding carboxylic acids is 1. The first-order valence-corrected chi connectivity index (χ1v) is 14.9. The van der Waals surface area contributed by atoms with Gasteiger partial charge in [-0.15, -0.1) is 0 Å². The third kappa shape index (κ3) is 9.23. The molecule has 0 fully saturated rings. The van der Waals surface area contributed by atoms with Gasteiger partial charge in [0, 0.05) is 30.1 Å². The SMILES string of the molecule is C/C(=C/OC=O)C(=O)O.COc1ncc(-c2ccc3ncc(OCCN(C)C)c(=O)n3c2)cc1NS(=O)(=O)c1ccc(F)cc1Cl. The minimum atomic E-state index is -4.21. The van der Waals surface area contributed by atoms with Gasteiger partial charge in [0.25, 0.3) is 22.1 Å². The number of nitrogens with one attached hydrogen (secondary N) is 1. The summed E-state index contributed by atoms with van der Waals surface area (Å²) in [5, 5.41) is 7.87. The Morgan fingerprint density at radius 1 is 1.15 bits per heavy atom. The molecule has 0 atom stereocenters. The van der Waals surface area contributed by atoms with Gasteiger partial charge in [-0.1, -0.05) is 11.6 Å². The van der Waals surface area contributed by atoms with E-state index in [2.05, 4.69) is 19.4 Å². The van der Waals surface area contributed by atoms with Crippen molar-refractivity contribution in [3.05, 3.63) is 88.0 Å². The van der Waals surface area contributed by atoms with E-state index >= 15 is 0 Å². The topological polar surface area (TPSA) is 179 Å². The number of rotatable bonds is 12. The fourth-order valence-corrected chi connectivity index (χ4v) is 5.17. The third-order valence-electron chi connectivity index (χ3n) is 5.91. The number of carboxylic acid groups (broad SMARTS) is 1. The van der Waals surface area contributed by atoms with Crippen LogP contribution in [0.15, 0.2) is 76.5 Å². The molecule has 0 bridgehead atoms. The molecule has 4 rings (SSSR count). The number of likely N-dealkylation sites (N-methyl/N-ethyl adjacent to an activating group) is 1. The molecular formula is C29H29ClFN5O9S. The number of halogens is 2. The first-order chi connectivity index (χ1) is 21.8. The highest BCUT2D eigenvalue weighted by Crippen LogP contribution is 2.31. The van der Waals surface area contributed by atoms with E-state index < -0.39 is 21.8 Å². The third-order valence-corrected chi connectivity index (χ3v) is 7.76. The van der Waals surface area contributed by atoms with Crippen molar-refractivity contribution in [3.63, 3.8) is 0 Å². The van der Waals surface area contributed by atoms with Crippen molar-refractivity contribution in [2.75, 3.05) is 39.1 Å². The number of fused-ring (bicyclic) bond motifs is 1. The Morgan fingerprint density at radius 2 is 1.89 bits per heavy atom. The van der Waals surface area contributed by atoms with Crippen LogP contribution in [0.2, 0.25) is 5.02 Å². The number of sulfonamides is 1. The zero-order valence-corrected chi connectivity index (χ0v) is 26.5. The van der Waals surface area contributed by atoms with Crippen LogP contribution in [0.5, 0.6) is 11.6 Å². The van der Waals surface area contributed by atoms with Crippen LogP contribution in [0.1, 0.15) is 6.92 Å². The largest absolute Gasteiger partial charge is 0.485 e. The number of hydrogen-bond acceptors (Lipinski definition) is 11. The number of aromatic nitrogens is 3. The Balaban J connectivity index is 0.000000559. The lowest BCUT2D eigenvalue weighted by atomic mass is 10.1. The molecular weight excluding hydrogens is 649 g/mol. The summed E-state index contributed by atoms with van der Waals surface area (Å²) < 4.78 is 57.9. The molecule has 0 saturated carbocycles. The quantitative estimate of drug-likeness (QED) is 0.127. The monoisotopic (exact) mass is 677 g/mol. The number of hydrogen-bond donors (Lipinski definition) is 2. The summed E-state index contributed by atoms with van der Waals surface area (Å²) in [7, 11) is 0.920. The van der Waals surface area contributed by atoms with E-state index in [0.29, 0.717) is 29.9 Å². The summed E-state index contributed by atoms with van der Waals surface area (Å²) in [6, 6.07) is 7.81. The average molecular weight is 678 g/mol. The molecule has 0 aliphatic carbocycles. The number of pyridine rings is 2. The number of methoxy groups -OCH3 is 1. The van der Waals surface area contributed by atoms with E-state index in [-0.39, 0.29) is 44.8 Å². The van der Waals surface area contributed by atoms with Crippen LogP contribution in [0, 0.1) is 5.82 Å². The summed E-state index contributed by atoms with van der Waals surface area (Å²) in [5.74, 6) is -1.66. The molecule has 3 heterocycles. The second-order valence-corrected chi connectivity index (χ2v) is 11.6. The Morgan fingerprint density at radius 3 is 2.52 bits per heavy atom. The first kappa shape index (κ1) is 35.4. The molecule has 17 heteroatoms. The van der Waals surface area contributed by atoms with Crippen molar-refractivity contribution in [3.8, 4) is 22.8 Å². The van der Waals surface area contributed by atoms with E-state index in [9.17, 15) is 27.2 Å². The zero-order valence-electron chi connectivity index (χ0n) is 24.9. The fourth-order valence-electron chi connectivity index (χ4n) is 3.59. The number of carbonyl (C=O) groups is 2. The highest BCUT2D eigenvalue weighted by molar-refractivity contribution is 7.92. The highest BCUT2D eigenvalue weighted by Gasteiger charge is 2.21. The number of nitrogens with zero attached hydrogens (tertiary/aromatic N) is 4. The molecule has 46 heavy (non-hydrogen) atoms. The van der Waals surface area contributed by atoms with E-state index in [4.69, 9.17) is 26.2 Å². The molecule has 2 N–H and O–H groups in total. The van der Waals surface area contributed by atoms with Crippen molar-refractivity contribution in [2.24, 2.45) is 0 Å². The van der Waals surface area contributed by atoms with E-state index in [1.54, 1.807) is 18.3 Å². The van der Waals surface area contributed by atoms with Crippen molar-refractivity contribution < 1.29 is 41.7 Å². The van der Waals surface area contributed by atoms with Gasteiger partial charge in [0.05, 0.1) is 23.9 Å². The zero-order chi connectivity index (χ0) is 34.0. The van der Waals surface area contributed by atoms with E-state index in [1.165, 1.54) is 36.9 Å². The summed E-state index contributed by atoms with van der Waals surface area (Å²) in [6.07, 6.45) is 5.28. The van der Waals surface area contributed by atoms with Gasteiger partial charge in [-0.25, -0.2) is 27.6 Å². The molecule has 14 nitrogen and oxygen atoms in total. The Kier molecular flexibility index (Phi) is 12.2. The molecule has 0 unspecified atom stereocenters. The van der Waals surface area contributed by atoms with Crippen molar-refractivity contribution in [1.82, 2.24) is 19.3 Å². The lowest BCUT2D eigenvalue weighted by Gasteiger charge is -2.14. The lowest BCUT2D eigenvalue weighted by molar-refractivity contribution is -0.132. The molecule has 3 aromatic heterocycles. The Bertz CT molecular complexity index is 1930. The van der Waals surface area contributed by atoms with Gasteiger partial charge in [0.15, 0.2) is 0 Å². The van der Waals surface area contributed by atoms with Crippen molar-refractivity contribution in [2.45, 2.75) is 11.8 Å². The van der Waals surface area contributed by atoms with E-state index in [0.717, 1.165) is 24.5 Å². The maximum Gasteiger partial charge on any atom is 0.334 e. The summed E-state index contributed by atoms with van der Waals surface area (Å²) >= 11 is 5.95. The molecule has 0 saturated heterocycles.